The van der Waals surface area contributed by atoms with Gasteiger partial charge in [0.1, 0.15) is 5.56 Å². The molecule has 8 heteroatoms. The van der Waals surface area contributed by atoms with Crippen LogP contribution in [0.3, 0.4) is 0 Å². The first-order chi connectivity index (χ1) is 12.2. The molecule has 1 heterocycles. The van der Waals surface area contributed by atoms with E-state index < -0.39 is 23.9 Å². The number of benzene rings is 1. The molecule has 1 aromatic carbocycles. The highest BCUT2D eigenvalue weighted by Gasteiger charge is 2.27. The van der Waals surface area contributed by atoms with Crippen molar-refractivity contribution in [3.63, 3.8) is 0 Å². The number of anilines is 1. The Balaban J connectivity index is 2.04. The second-order valence-corrected chi connectivity index (χ2v) is 6.14. The number of nitrogens with zero attached hydrogens (tertiary/aromatic N) is 1. The van der Waals surface area contributed by atoms with Crippen molar-refractivity contribution in [2.45, 2.75) is 39.7 Å². The molecule has 1 aromatic heterocycles. The summed E-state index contributed by atoms with van der Waals surface area (Å²) in [5.41, 5.74) is 6.59. The molecular weight excluding hydrogens is 338 g/mol. The van der Waals surface area contributed by atoms with Gasteiger partial charge in [0.2, 0.25) is 5.91 Å². The fourth-order valence-corrected chi connectivity index (χ4v) is 2.26. The molecule has 0 saturated carbocycles. The van der Waals surface area contributed by atoms with E-state index in [9.17, 15) is 14.4 Å². The second-order valence-electron chi connectivity index (χ2n) is 6.14. The highest BCUT2D eigenvalue weighted by atomic mass is 16.5. The number of carbonyl (C=O) groups is 3. The number of aromatic nitrogens is 1. The fraction of sp³-hybridized carbons (Fsp3) is 0.333. The van der Waals surface area contributed by atoms with Crippen LogP contribution in [0, 0.1) is 6.92 Å². The highest BCUT2D eigenvalue weighted by molar-refractivity contribution is 5.98. The van der Waals surface area contributed by atoms with E-state index in [1.54, 1.807) is 6.92 Å². The topological polar surface area (TPSA) is 125 Å². The molecule has 8 nitrogen and oxygen atoms in total. The molecule has 0 aliphatic rings. The van der Waals surface area contributed by atoms with Gasteiger partial charge < -0.3 is 20.3 Å². The summed E-state index contributed by atoms with van der Waals surface area (Å²) in [5, 5.41) is 6.39. The van der Waals surface area contributed by atoms with Crippen molar-refractivity contribution in [1.82, 2.24) is 5.16 Å². The van der Waals surface area contributed by atoms with Crippen molar-refractivity contribution in [2.24, 2.45) is 5.73 Å². The summed E-state index contributed by atoms with van der Waals surface area (Å²) in [6.07, 6.45) is -1.03. The van der Waals surface area contributed by atoms with Gasteiger partial charge in [0.25, 0.3) is 5.91 Å². The van der Waals surface area contributed by atoms with E-state index in [0.29, 0.717) is 22.7 Å². The van der Waals surface area contributed by atoms with Gasteiger partial charge in [0.15, 0.2) is 11.9 Å². The van der Waals surface area contributed by atoms with Crippen LogP contribution >= 0.6 is 0 Å². The number of hydrogen-bond acceptors (Lipinski definition) is 6. The molecule has 1 atom stereocenters. The third kappa shape index (κ3) is 4.27. The number of nitrogens with two attached hydrogens (primary N) is 1. The summed E-state index contributed by atoms with van der Waals surface area (Å²) in [6, 6.07) is 6.05. The molecule has 0 fully saturated rings. The van der Waals surface area contributed by atoms with Gasteiger partial charge in [-0.1, -0.05) is 19.0 Å². The van der Waals surface area contributed by atoms with Gasteiger partial charge in [-0.2, -0.15) is 0 Å². The van der Waals surface area contributed by atoms with E-state index in [-0.39, 0.29) is 11.5 Å². The molecule has 2 amide bonds. The second kappa shape index (κ2) is 7.81. The van der Waals surface area contributed by atoms with Gasteiger partial charge >= 0.3 is 5.97 Å². The van der Waals surface area contributed by atoms with Crippen molar-refractivity contribution in [1.29, 1.82) is 0 Å². The molecule has 0 bridgehead atoms. The molecular formula is C18H21N3O5. The Bertz CT molecular complexity index is 824. The normalized spacial score (nSPS) is 11.9. The first-order valence-electron chi connectivity index (χ1n) is 8.08. The summed E-state index contributed by atoms with van der Waals surface area (Å²) in [6.45, 7) is 6.82. The van der Waals surface area contributed by atoms with E-state index in [1.807, 2.05) is 13.8 Å². The molecule has 0 unspecified atom stereocenters. The Labute approximate surface area is 150 Å². The van der Waals surface area contributed by atoms with E-state index in [2.05, 4.69) is 10.5 Å². The maximum atomic E-state index is 12.4. The molecule has 138 valence electrons. The van der Waals surface area contributed by atoms with Crippen molar-refractivity contribution in [3.8, 4) is 0 Å². The minimum atomic E-state index is -1.03. The predicted molar refractivity (Wildman–Crippen MR) is 93.8 cm³/mol. The van der Waals surface area contributed by atoms with Crippen molar-refractivity contribution >= 4 is 23.5 Å². The molecule has 0 saturated heterocycles. The standard InChI is InChI=1S/C18H21N3O5/c1-9(2)15-14(10(3)21-26-15)18(24)25-11(4)17(23)20-13-7-5-12(6-8-13)16(19)22/h5-9,11H,1-4H3,(H2,19,22)(H,20,23)/t11-/m1/s1. The number of hydrogen-bond donors (Lipinski definition) is 2. The van der Waals surface area contributed by atoms with E-state index >= 15 is 0 Å². The SMILES string of the molecule is Cc1noc(C(C)C)c1C(=O)O[C@H](C)C(=O)Nc1ccc(C(N)=O)cc1. The third-order valence-electron chi connectivity index (χ3n) is 3.71. The van der Waals surface area contributed by atoms with Crippen LogP contribution in [0.2, 0.25) is 0 Å². The van der Waals surface area contributed by atoms with Crippen LogP contribution < -0.4 is 11.1 Å². The van der Waals surface area contributed by atoms with Crippen molar-refractivity contribution in [2.75, 3.05) is 5.32 Å². The lowest BCUT2D eigenvalue weighted by Crippen LogP contribution is -2.30. The Morgan fingerprint density at radius 1 is 1.15 bits per heavy atom. The Kier molecular flexibility index (Phi) is 5.76. The summed E-state index contributed by atoms with van der Waals surface area (Å²) < 4.78 is 10.4. The number of nitrogens with one attached hydrogen (secondary N) is 1. The van der Waals surface area contributed by atoms with Gasteiger partial charge in [-0.3, -0.25) is 9.59 Å². The summed E-state index contributed by atoms with van der Waals surface area (Å²) in [7, 11) is 0. The molecule has 0 spiro atoms. The number of primary amides is 1. The summed E-state index contributed by atoms with van der Waals surface area (Å²) >= 11 is 0. The summed E-state index contributed by atoms with van der Waals surface area (Å²) in [4.78, 5) is 35.7. The fourth-order valence-electron chi connectivity index (χ4n) is 2.26. The average molecular weight is 359 g/mol. The van der Waals surface area contributed by atoms with Crippen LogP contribution in [0.5, 0.6) is 0 Å². The monoisotopic (exact) mass is 359 g/mol. The van der Waals surface area contributed by atoms with Gasteiger partial charge in [-0.05, 0) is 38.1 Å². The number of carbonyl (C=O) groups excluding carboxylic acids is 3. The largest absolute Gasteiger partial charge is 0.449 e. The van der Waals surface area contributed by atoms with Gasteiger partial charge in [0, 0.05) is 17.2 Å². The van der Waals surface area contributed by atoms with Crippen molar-refractivity contribution < 1.29 is 23.6 Å². The van der Waals surface area contributed by atoms with E-state index in [0.717, 1.165) is 0 Å². The maximum Gasteiger partial charge on any atom is 0.344 e. The van der Waals surface area contributed by atoms with Gasteiger partial charge in [0.05, 0.1) is 5.69 Å². The lowest BCUT2D eigenvalue weighted by atomic mass is 10.1. The molecule has 3 N–H and O–H groups in total. The third-order valence-corrected chi connectivity index (χ3v) is 3.71. The van der Waals surface area contributed by atoms with Crippen molar-refractivity contribution in [3.05, 3.63) is 46.8 Å². The lowest BCUT2D eigenvalue weighted by molar-refractivity contribution is -0.123. The average Bonchev–Trinajstić information content (AvgIpc) is 2.97. The van der Waals surface area contributed by atoms with Crippen LogP contribution in [0.25, 0.3) is 0 Å². The smallest absolute Gasteiger partial charge is 0.344 e. The number of amides is 2. The zero-order chi connectivity index (χ0) is 19.4. The van der Waals surface area contributed by atoms with E-state index in [4.69, 9.17) is 15.0 Å². The lowest BCUT2D eigenvalue weighted by Gasteiger charge is -2.14. The number of aryl methyl sites for hydroxylation is 1. The predicted octanol–water partition coefficient (Wildman–Crippen LogP) is 2.39. The number of rotatable bonds is 6. The minimum absolute atomic E-state index is 0.0494. The molecule has 0 aliphatic carbocycles. The van der Waals surface area contributed by atoms with Crippen LogP contribution in [0.4, 0.5) is 5.69 Å². The van der Waals surface area contributed by atoms with Gasteiger partial charge in [-0.25, -0.2) is 4.79 Å². The Morgan fingerprint density at radius 2 is 1.77 bits per heavy atom. The molecule has 0 radical (unpaired) electrons. The molecule has 2 rings (SSSR count). The van der Waals surface area contributed by atoms with E-state index in [1.165, 1.54) is 31.2 Å². The Morgan fingerprint density at radius 3 is 2.31 bits per heavy atom. The van der Waals surface area contributed by atoms with Crippen LogP contribution in [0.1, 0.15) is 58.9 Å². The zero-order valence-electron chi connectivity index (χ0n) is 15.0. The highest BCUT2D eigenvalue weighted by Crippen LogP contribution is 2.23. The number of ether oxygens (including phenoxy) is 1. The first kappa shape index (κ1) is 19.2. The van der Waals surface area contributed by atoms with Gasteiger partial charge in [-0.15, -0.1) is 0 Å². The van der Waals surface area contributed by atoms with Crippen LogP contribution in [-0.4, -0.2) is 29.0 Å². The molecule has 0 aliphatic heterocycles. The maximum absolute atomic E-state index is 12.4. The van der Waals surface area contributed by atoms with Crippen LogP contribution in [0.15, 0.2) is 28.8 Å². The zero-order valence-corrected chi connectivity index (χ0v) is 15.0. The summed E-state index contributed by atoms with van der Waals surface area (Å²) in [5.74, 6) is -1.37. The Hall–Kier alpha value is -3.16. The first-order valence-corrected chi connectivity index (χ1v) is 8.08. The quantitative estimate of drug-likeness (QED) is 0.763. The molecule has 26 heavy (non-hydrogen) atoms. The number of esters is 1. The molecule has 2 aromatic rings. The van der Waals surface area contributed by atoms with Crippen LogP contribution in [-0.2, 0) is 9.53 Å². The minimum Gasteiger partial charge on any atom is -0.449 e.